The van der Waals surface area contributed by atoms with E-state index in [9.17, 15) is 9.59 Å². The number of urea groups is 1. The molecule has 1 heterocycles. The van der Waals surface area contributed by atoms with Crippen molar-refractivity contribution in [3.8, 4) is 0 Å². The van der Waals surface area contributed by atoms with E-state index in [1.54, 1.807) is 6.92 Å². The highest BCUT2D eigenvalue weighted by molar-refractivity contribution is 6.31. The first kappa shape index (κ1) is 14.8. The van der Waals surface area contributed by atoms with Crippen molar-refractivity contribution in [3.63, 3.8) is 0 Å². The molecule has 1 aromatic carbocycles. The first-order valence-electron chi connectivity index (χ1n) is 6.60. The van der Waals surface area contributed by atoms with E-state index in [1.807, 2.05) is 31.2 Å². The van der Waals surface area contributed by atoms with Gasteiger partial charge < -0.3 is 5.32 Å². The normalized spacial score (nSPS) is 17.8. The second kappa shape index (κ2) is 6.24. The molecule has 0 radical (unpaired) electrons. The van der Waals surface area contributed by atoms with Crippen LogP contribution in [-0.2, 0) is 4.79 Å². The van der Waals surface area contributed by atoms with Gasteiger partial charge in [-0.2, -0.15) is 0 Å². The monoisotopic (exact) mass is 295 g/mol. The third-order valence-electron chi connectivity index (χ3n) is 3.36. The Labute approximate surface area is 123 Å². The van der Waals surface area contributed by atoms with Crippen LogP contribution >= 0.6 is 11.6 Å². The minimum absolute atomic E-state index is 0.0756. The molecule has 5 nitrogen and oxygen atoms in total. The van der Waals surface area contributed by atoms with Crippen LogP contribution in [0.1, 0.15) is 25.5 Å². The maximum atomic E-state index is 12.2. The molecule has 1 aromatic rings. The van der Waals surface area contributed by atoms with Crippen LogP contribution in [0.4, 0.5) is 4.79 Å². The van der Waals surface area contributed by atoms with Gasteiger partial charge in [0.25, 0.3) is 0 Å². The molecule has 0 saturated carbocycles. The zero-order chi connectivity index (χ0) is 14.7. The van der Waals surface area contributed by atoms with Crippen LogP contribution in [0, 0.1) is 0 Å². The molecule has 0 spiro atoms. The third kappa shape index (κ3) is 3.11. The van der Waals surface area contributed by atoms with E-state index in [-0.39, 0.29) is 18.0 Å². The van der Waals surface area contributed by atoms with Crippen LogP contribution in [0.3, 0.4) is 0 Å². The van der Waals surface area contributed by atoms with Crippen LogP contribution in [0.25, 0.3) is 0 Å². The van der Waals surface area contributed by atoms with Crippen molar-refractivity contribution >= 4 is 23.5 Å². The Morgan fingerprint density at radius 2 is 2.10 bits per heavy atom. The molecule has 0 aliphatic carbocycles. The second-order valence-electron chi connectivity index (χ2n) is 4.85. The van der Waals surface area contributed by atoms with E-state index in [2.05, 4.69) is 10.6 Å². The third-order valence-corrected chi connectivity index (χ3v) is 3.71. The fraction of sp³-hybridized carbons (Fsp3) is 0.429. The lowest BCUT2D eigenvalue weighted by Crippen LogP contribution is -2.46. The Kier molecular flexibility index (Phi) is 4.62. The number of carbonyl (C=O) groups is 2. The predicted molar refractivity (Wildman–Crippen MR) is 77.6 cm³/mol. The number of halogens is 1. The summed E-state index contributed by atoms with van der Waals surface area (Å²) < 4.78 is 0. The minimum Gasteiger partial charge on any atom is -0.336 e. The Bertz CT molecular complexity index is 521. The second-order valence-corrected chi connectivity index (χ2v) is 5.26. The number of hydrogen-bond donors (Lipinski definition) is 2. The molecule has 1 saturated heterocycles. The molecule has 0 unspecified atom stereocenters. The number of nitrogens with one attached hydrogen (secondary N) is 2. The van der Waals surface area contributed by atoms with Gasteiger partial charge in [-0.25, -0.2) is 4.79 Å². The van der Waals surface area contributed by atoms with Gasteiger partial charge in [0.15, 0.2) is 0 Å². The number of benzene rings is 1. The van der Waals surface area contributed by atoms with Crippen molar-refractivity contribution in [2.45, 2.75) is 25.9 Å². The molecule has 20 heavy (non-hydrogen) atoms. The van der Waals surface area contributed by atoms with Crippen LogP contribution in [0.2, 0.25) is 5.02 Å². The molecule has 2 N–H and O–H groups in total. The summed E-state index contributed by atoms with van der Waals surface area (Å²) >= 11 is 6.13. The zero-order valence-electron chi connectivity index (χ0n) is 11.5. The van der Waals surface area contributed by atoms with Crippen molar-refractivity contribution in [2.75, 3.05) is 13.1 Å². The molecule has 0 bridgehead atoms. The van der Waals surface area contributed by atoms with Gasteiger partial charge in [-0.1, -0.05) is 29.8 Å². The summed E-state index contributed by atoms with van der Waals surface area (Å²) in [5.74, 6) is -0.223. The van der Waals surface area contributed by atoms with E-state index < -0.39 is 6.04 Å². The average Bonchev–Trinajstić information content (AvgIpc) is 2.84. The zero-order valence-corrected chi connectivity index (χ0v) is 12.3. The largest absolute Gasteiger partial charge is 0.336 e. The van der Waals surface area contributed by atoms with Gasteiger partial charge in [0.1, 0.15) is 0 Å². The molecule has 108 valence electrons. The van der Waals surface area contributed by atoms with E-state index in [4.69, 9.17) is 11.6 Å². The number of rotatable bonds is 4. The van der Waals surface area contributed by atoms with Crippen LogP contribution in [0.15, 0.2) is 24.3 Å². The lowest BCUT2D eigenvalue weighted by molar-refractivity contribution is -0.129. The molecule has 3 amide bonds. The van der Waals surface area contributed by atoms with Crippen molar-refractivity contribution in [1.29, 1.82) is 0 Å². The molecule has 2 rings (SSSR count). The van der Waals surface area contributed by atoms with Gasteiger partial charge in [0.05, 0.1) is 6.04 Å². The van der Waals surface area contributed by atoms with Crippen LogP contribution in [0.5, 0.6) is 0 Å². The van der Waals surface area contributed by atoms with Gasteiger partial charge >= 0.3 is 6.03 Å². The molecule has 1 fully saturated rings. The Morgan fingerprint density at radius 3 is 2.70 bits per heavy atom. The van der Waals surface area contributed by atoms with Crippen molar-refractivity contribution in [1.82, 2.24) is 15.5 Å². The summed E-state index contributed by atoms with van der Waals surface area (Å²) in [7, 11) is 0. The first-order chi connectivity index (χ1) is 9.50. The quantitative estimate of drug-likeness (QED) is 0.892. The number of imide groups is 1. The summed E-state index contributed by atoms with van der Waals surface area (Å²) in [4.78, 5) is 24.9. The van der Waals surface area contributed by atoms with Crippen LogP contribution < -0.4 is 10.6 Å². The Morgan fingerprint density at radius 1 is 1.40 bits per heavy atom. The van der Waals surface area contributed by atoms with Crippen molar-refractivity contribution in [2.24, 2.45) is 0 Å². The summed E-state index contributed by atoms with van der Waals surface area (Å²) in [6, 6.07) is 6.64. The Balaban J connectivity index is 2.00. The van der Waals surface area contributed by atoms with Gasteiger partial charge in [0.2, 0.25) is 5.91 Å². The number of nitrogens with zero attached hydrogens (tertiary/aromatic N) is 1. The smallest absolute Gasteiger partial charge is 0.324 e. The lowest BCUT2D eigenvalue weighted by Gasteiger charge is -2.23. The van der Waals surface area contributed by atoms with Gasteiger partial charge in [0, 0.05) is 24.2 Å². The number of hydrogen-bond acceptors (Lipinski definition) is 3. The molecular weight excluding hydrogens is 278 g/mol. The number of carbonyl (C=O) groups excluding carboxylic acids is 2. The summed E-state index contributed by atoms with van der Waals surface area (Å²) in [5.41, 5.74) is 0.930. The van der Waals surface area contributed by atoms with Gasteiger partial charge in [-0.15, -0.1) is 0 Å². The maximum absolute atomic E-state index is 12.2. The molecule has 6 heteroatoms. The van der Waals surface area contributed by atoms with E-state index in [1.165, 1.54) is 4.90 Å². The van der Waals surface area contributed by atoms with E-state index in [0.717, 1.165) is 5.56 Å². The van der Waals surface area contributed by atoms with Crippen molar-refractivity contribution < 1.29 is 9.59 Å². The Hall–Kier alpha value is -1.59. The number of amides is 3. The molecule has 1 aliphatic rings. The first-order valence-corrected chi connectivity index (χ1v) is 6.98. The SMILES string of the molecule is C[C@@H](N[C@H](C)c1ccccc1Cl)C(=O)N1CCNC1=O. The topological polar surface area (TPSA) is 61.4 Å². The lowest BCUT2D eigenvalue weighted by atomic mass is 10.1. The highest BCUT2D eigenvalue weighted by Gasteiger charge is 2.30. The van der Waals surface area contributed by atoms with Crippen LogP contribution in [-0.4, -0.2) is 36.0 Å². The fourth-order valence-electron chi connectivity index (χ4n) is 2.28. The van der Waals surface area contributed by atoms with Gasteiger partial charge in [-0.3, -0.25) is 15.0 Å². The summed E-state index contributed by atoms with van der Waals surface area (Å²) in [5, 5.41) is 6.45. The van der Waals surface area contributed by atoms with Crippen molar-refractivity contribution in [3.05, 3.63) is 34.9 Å². The van der Waals surface area contributed by atoms with Gasteiger partial charge in [-0.05, 0) is 25.5 Å². The highest BCUT2D eigenvalue weighted by Crippen LogP contribution is 2.22. The highest BCUT2D eigenvalue weighted by atomic mass is 35.5. The molecule has 0 aromatic heterocycles. The minimum atomic E-state index is -0.454. The van der Waals surface area contributed by atoms with E-state index >= 15 is 0 Å². The molecular formula is C14H18ClN3O2. The summed E-state index contributed by atoms with van der Waals surface area (Å²) in [6.45, 7) is 4.62. The molecule has 1 aliphatic heterocycles. The predicted octanol–water partition coefficient (Wildman–Crippen LogP) is 1.93. The average molecular weight is 296 g/mol. The maximum Gasteiger partial charge on any atom is 0.324 e. The van der Waals surface area contributed by atoms with E-state index in [0.29, 0.717) is 18.1 Å². The molecule has 2 atom stereocenters. The standard InChI is InChI=1S/C14H18ClN3O2/c1-9(11-5-3-4-6-12(11)15)17-10(2)13(19)18-8-7-16-14(18)20/h3-6,9-10,17H,7-8H2,1-2H3,(H,16,20)/t9-,10-/m1/s1. The fourth-order valence-corrected chi connectivity index (χ4v) is 2.58. The summed E-state index contributed by atoms with van der Waals surface area (Å²) in [6.07, 6.45) is 0.